The summed E-state index contributed by atoms with van der Waals surface area (Å²) in [5.74, 6) is -0.205. The number of carbonyl (C=O) groups excluding carboxylic acids is 2. The van der Waals surface area contributed by atoms with Crippen LogP contribution >= 0.6 is 0 Å². The molecule has 3 heterocycles. The molecule has 2 amide bonds. The minimum Gasteiger partial charge on any atom is -0.330 e. The molecule has 1 unspecified atom stereocenters. The van der Waals surface area contributed by atoms with Crippen LogP contribution in [0.4, 0.5) is 0 Å². The van der Waals surface area contributed by atoms with Crippen molar-refractivity contribution < 1.29 is 9.59 Å². The Labute approximate surface area is 116 Å². The van der Waals surface area contributed by atoms with Crippen LogP contribution in [0.3, 0.4) is 0 Å². The summed E-state index contributed by atoms with van der Waals surface area (Å²) in [5.41, 5.74) is 3.88. The van der Waals surface area contributed by atoms with E-state index in [0.29, 0.717) is 18.6 Å². The lowest BCUT2D eigenvalue weighted by Gasteiger charge is -2.26. The fraction of sp³-hybridized carbons (Fsp3) is 0.429. The molecule has 2 aliphatic heterocycles. The Balaban J connectivity index is 1.79. The average Bonchev–Trinajstić information content (AvgIpc) is 2.97. The lowest BCUT2D eigenvalue weighted by molar-refractivity contribution is -0.125. The van der Waals surface area contributed by atoms with E-state index in [0.717, 1.165) is 24.9 Å². The van der Waals surface area contributed by atoms with Gasteiger partial charge in [0.1, 0.15) is 5.71 Å². The highest BCUT2D eigenvalue weighted by molar-refractivity contribution is 6.39. The molecule has 1 aromatic rings. The van der Waals surface area contributed by atoms with Gasteiger partial charge in [-0.2, -0.15) is 5.10 Å². The van der Waals surface area contributed by atoms with E-state index in [-0.39, 0.29) is 17.9 Å². The number of hydrogen-bond donors (Lipinski definition) is 1. The molecule has 104 valence electrons. The van der Waals surface area contributed by atoms with Crippen LogP contribution in [-0.2, 0) is 9.59 Å². The van der Waals surface area contributed by atoms with Gasteiger partial charge in [-0.3, -0.25) is 14.6 Å². The molecule has 1 N–H and O–H groups in total. The summed E-state index contributed by atoms with van der Waals surface area (Å²) < 4.78 is 0. The van der Waals surface area contributed by atoms with E-state index in [1.165, 1.54) is 0 Å². The first-order valence-corrected chi connectivity index (χ1v) is 6.82. The predicted octanol–water partition coefficient (Wildman–Crippen LogP) is 1.01. The number of aromatic nitrogens is 1. The monoisotopic (exact) mass is 272 g/mol. The molecule has 0 spiro atoms. The first kappa shape index (κ1) is 12.8. The molecular formula is C14H16N4O2. The maximum atomic E-state index is 12.5. The second-order valence-corrected chi connectivity index (χ2v) is 5.04. The Morgan fingerprint density at radius 3 is 3.00 bits per heavy atom. The van der Waals surface area contributed by atoms with Gasteiger partial charge >= 0.3 is 0 Å². The van der Waals surface area contributed by atoms with Gasteiger partial charge in [-0.05, 0) is 24.5 Å². The molecule has 0 aliphatic carbocycles. The summed E-state index contributed by atoms with van der Waals surface area (Å²) in [6.45, 7) is 0.728. The second-order valence-electron chi connectivity index (χ2n) is 5.04. The van der Waals surface area contributed by atoms with Crippen molar-refractivity contribution in [2.45, 2.75) is 31.7 Å². The van der Waals surface area contributed by atoms with Crippen molar-refractivity contribution in [2.75, 3.05) is 6.54 Å². The minimum atomic E-state index is -0.133. The van der Waals surface area contributed by atoms with Crippen molar-refractivity contribution in [3.8, 4) is 0 Å². The Morgan fingerprint density at radius 2 is 2.30 bits per heavy atom. The third kappa shape index (κ3) is 2.41. The number of likely N-dealkylation sites (tertiary alicyclic amines) is 1. The van der Waals surface area contributed by atoms with Crippen LogP contribution < -0.4 is 5.43 Å². The molecule has 0 aromatic carbocycles. The van der Waals surface area contributed by atoms with Crippen molar-refractivity contribution in [1.82, 2.24) is 15.3 Å². The Bertz CT molecular complexity index is 556. The topological polar surface area (TPSA) is 74.7 Å². The summed E-state index contributed by atoms with van der Waals surface area (Å²) in [6, 6.07) is 3.94. The molecule has 1 fully saturated rings. The van der Waals surface area contributed by atoms with E-state index in [1.54, 1.807) is 12.4 Å². The summed E-state index contributed by atoms with van der Waals surface area (Å²) >= 11 is 0. The van der Waals surface area contributed by atoms with E-state index < -0.39 is 0 Å². The zero-order chi connectivity index (χ0) is 13.9. The van der Waals surface area contributed by atoms with Crippen LogP contribution in [0.25, 0.3) is 0 Å². The molecule has 2 aliphatic rings. The summed E-state index contributed by atoms with van der Waals surface area (Å²) in [7, 11) is 0. The van der Waals surface area contributed by atoms with Crippen molar-refractivity contribution in [3.05, 3.63) is 30.1 Å². The highest BCUT2D eigenvalue weighted by atomic mass is 16.2. The van der Waals surface area contributed by atoms with Crippen LogP contribution in [0.1, 0.15) is 37.3 Å². The molecule has 0 saturated carbocycles. The van der Waals surface area contributed by atoms with Crippen LogP contribution in [0.5, 0.6) is 0 Å². The number of nitrogens with one attached hydrogen (secondary N) is 1. The molecule has 1 atom stereocenters. The number of hydrazone groups is 1. The first-order chi connectivity index (χ1) is 9.75. The largest absolute Gasteiger partial charge is 0.330 e. The number of nitrogens with zero attached hydrogens (tertiary/aromatic N) is 3. The van der Waals surface area contributed by atoms with Crippen LogP contribution in [0.2, 0.25) is 0 Å². The van der Waals surface area contributed by atoms with Gasteiger partial charge < -0.3 is 4.90 Å². The molecule has 0 radical (unpaired) electrons. The number of amides is 2. The summed E-state index contributed by atoms with van der Waals surface area (Å²) in [5, 5.41) is 3.89. The van der Waals surface area contributed by atoms with E-state index in [9.17, 15) is 9.59 Å². The van der Waals surface area contributed by atoms with E-state index >= 15 is 0 Å². The van der Waals surface area contributed by atoms with E-state index in [4.69, 9.17) is 0 Å². The van der Waals surface area contributed by atoms with E-state index in [1.807, 2.05) is 17.0 Å². The van der Waals surface area contributed by atoms with Crippen LogP contribution in [0, 0.1) is 0 Å². The molecule has 6 nitrogen and oxygen atoms in total. The molecule has 0 bridgehead atoms. The van der Waals surface area contributed by atoms with Gasteiger partial charge in [-0.25, -0.2) is 5.43 Å². The highest BCUT2D eigenvalue weighted by Crippen LogP contribution is 2.31. The first-order valence-electron chi connectivity index (χ1n) is 6.82. The standard InChI is InChI=1S/C14H16N4O2/c19-13-6-5-11(16-17-13)14(20)18-8-2-4-12(18)10-3-1-7-15-9-10/h1,3,7,9,12H,2,4-6,8H2,(H,17,19). The predicted molar refractivity (Wildman–Crippen MR) is 72.7 cm³/mol. The molecule has 20 heavy (non-hydrogen) atoms. The van der Waals surface area contributed by atoms with Gasteiger partial charge in [0, 0.05) is 31.8 Å². The summed E-state index contributed by atoms with van der Waals surface area (Å²) in [6.07, 6.45) is 6.20. The molecule has 6 heteroatoms. The quantitative estimate of drug-likeness (QED) is 0.873. The van der Waals surface area contributed by atoms with Gasteiger partial charge in [0.05, 0.1) is 6.04 Å². The molecule has 3 rings (SSSR count). The van der Waals surface area contributed by atoms with Gasteiger partial charge in [0.2, 0.25) is 5.91 Å². The van der Waals surface area contributed by atoms with Gasteiger partial charge in [0.15, 0.2) is 0 Å². The molecular weight excluding hydrogens is 256 g/mol. The highest BCUT2D eigenvalue weighted by Gasteiger charge is 2.33. The zero-order valence-corrected chi connectivity index (χ0v) is 11.1. The fourth-order valence-corrected chi connectivity index (χ4v) is 2.72. The third-order valence-corrected chi connectivity index (χ3v) is 3.73. The van der Waals surface area contributed by atoms with Crippen molar-refractivity contribution in [3.63, 3.8) is 0 Å². The van der Waals surface area contributed by atoms with Crippen molar-refractivity contribution in [2.24, 2.45) is 5.10 Å². The number of hydrogen-bond acceptors (Lipinski definition) is 4. The van der Waals surface area contributed by atoms with Gasteiger partial charge in [-0.1, -0.05) is 6.07 Å². The Morgan fingerprint density at radius 1 is 1.40 bits per heavy atom. The van der Waals surface area contributed by atoms with Gasteiger partial charge in [0.25, 0.3) is 5.91 Å². The summed E-state index contributed by atoms with van der Waals surface area (Å²) in [4.78, 5) is 29.6. The van der Waals surface area contributed by atoms with Crippen LogP contribution in [-0.4, -0.2) is 34.0 Å². The number of pyridine rings is 1. The smallest absolute Gasteiger partial charge is 0.270 e. The van der Waals surface area contributed by atoms with E-state index in [2.05, 4.69) is 15.5 Å². The normalized spacial score (nSPS) is 22.4. The molecule has 1 aromatic heterocycles. The van der Waals surface area contributed by atoms with Crippen molar-refractivity contribution in [1.29, 1.82) is 0 Å². The lowest BCUT2D eigenvalue weighted by atomic mass is 10.1. The van der Waals surface area contributed by atoms with Crippen LogP contribution in [0.15, 0.2) is 29.6 Å². The molecule has 1 saturated heterocycles. The zero-order valence-electron chi connectivity index (χ0n) is 11.1. The van der Waals surface area contributed by atoms with Crippen molar-refractivity contribution >= 4 is 17.5 Å². The second kappa shape index (κ2) is 5.40. The maximum Gasteiger partial charge on any atom is 0.270 e. The number of rotatable bonds is 2. The lowest BCUT2D eigenvalue weighted by Crippen LogP contribution is -2.39. The average molecular weight is 272 g/mol. The Kier molecular flexibility index (Phi) is 3.45. The SMILES string of the molecule is O=C1CCC(C(=O)N2CCCC2c2cccnc2)=NN1. The fourth-order valence-electron chi connectivity index (χ4n) is 2.72. The van der Waals surface area contributed by atoms with Gasteiger partial charge in [-0.15, -0.1) is 0 Å². The minimum absolute atomic E-state index is 0.0662. The number of carbonyl (C=O) groups is 2. The third-order valence-electron chi connectivity index (χ3n) is 3.73. The Hall–Kier alpha value is -2.24. The maximum absolute atomic E-state index is 12.5.